The molecule has 0 aromatic heterocycles. The van der Waals surface area contributed by atoms with E-state index in [0.29, 0.717) is 60.7 Å². The van der Waals surface area contributed by atoms with Gasteiger partial charge in [0, 0.05) is 23.3 Å². The molecule has 89 heavy (non-hydrogen) atoms. The summed E-state index contributed by atoms with van der Waals surface area (Å²) in [5, 5.41) is 46.4. The van der Waals surface area contributed by atoms with Crippen molar-refractivity contribution in [2.75, 3.05) is 6.61 Å². The predicted octanol–water partition coefficient (Wildman–Crippen LogP) is 17.8. The molecule has 11 aliphatic rings. The molecule has 4 aromatic rings. The van der Waals surface area contributed by atoms with Crippen molar-refractivity contribution in [1.29, 1.82) is 0 Å². The third-order valence-electron chi connectivity index (χ3n) is 28.8. The van der Waals surface area contributed by atoms with E-state index >= 15 is 4.79 Å². The summed E-state index contributed by atoms with van der Waals surface area (Å²) in [6, 6.07) is 35.2. The molecule has 4 aromatic carbocycles. The summed E-state index contributed by atoms with van der Waals surface area (Å²) in [6.45, 7) is 11.8. The van der Waals surface area contributed by atoms with Gasteiger partial charge in [0.1, 0.15) is 12.7 Å². The Hall–Kier alpha value is -4.56. The lowest BCUT2D eigenvalue weighted by Gasteiger charge is -2.71. The number of aliphatic hydroxyl groups is 3. The molecule has 476 valence electrons. The molecular formula is C82H106O7. The van der Waals surface area contributed by atoms with Gasteiger partial charge in [0.15, 0.2) is 0 Å². The molecule has 2 aliphatic heterocycles. The lowest BCUT2D eigenvalue weighted by atomic mass is 9.36. The van der Waals surface area contributed by atoms with E-state index in [1.807, 2.05) is 0 Å². The average molecular weight is 1200 g/mol. The van der Waals surface area contributed by atoms with E-state index in [1.54, 1.807) is 33.7 Å². The van der Waals surface area contributed by atoms with Gasteiger partial charge >= 0.3 is 11.9 Å². The van der Waals surface area contributed by atoms with E-state index in [1.165, 1.54) is 75.2 Å². The maximum Gasteiger partial charge on any atom is 0.331 e. The number of rotatable bonds is 13. The highest BCUT2D eigenvalue weighted by Gasteiger charge is 2.77. The minimum atomic E-state index is -1.60. The van der Waals surface area contributed by atoms with Gasteiger partial charge in [-0.05, 0) is 248 Å². The summed E-state index contributed by atoms with van der Waals surface area (Å²) in [5.41, 5.74) is 5.60. The molecule has 7 heteroatoms. The Bertz CT molecular complexity index is 3340. The fourth-order valence-corrected chi connectivity index (χ4v) is 25.3. The number of benzene rings is 4. The summed E-state index contributed by atoms with van der Waals surface area (Å²) in [6.07, 6.45) is 29.5. The lowest BCUT2D eigenvalue weighted by molar-refractivity contribution is -0.332. The van der Waals surface area contributed by atoms with Crippen molar-refractivity contribution in [3.05, 3.63) is 143 Å². The molecule has 7 fully saturated rings. The zero-order chi connectivity index (χ0) is 61.2. The minimum absolute atomic E-state index is 0.0270. The Labute approximate surface area is 533 Å². The van der Waals surface area contributed by atoms with Crippen molar-refractivity contribution >= 4 is 22.7 Å². The number of cyclic esters (lactones) is 1. The average Bonchev–Trinajstić information content (AvgIpc) is 1.65. The van der Waals surface area contributed by atoms with Crippen molar-refractivity contribution in [2.45, 2.75) is 249 Å². The number of esters is 2. The number of allylic oxidation sites excluding steroid dienone is 1. The van der Waals surface area contributed by atoms with Crippen molar-refractivity contribution in [2.24, 2.45) is 80.8 Å². The van der Waals surface area contributed by atoms with Gasteiger partial charge in [-0.3, -0.25) is 4.79 Å². The second kappa shape index (κ2) is 23.2. The van der Waals surface area contributed by atoms with E-state index in [0.717, 1.165) is 76.2 Å². The van der Waals surface area contributed by atoms with Crippen LogP contribution < -0.4 is 0 Å². The molecule has 7 nitrogen and oxygen atoms in total. The van der Waals surface area contributed by atoms with Crippen LogP contribution in [0.25, 0.3) is 10.8 Å². The van der Waals surface area contributed by atoms with E-state index in [2.05, 4.69) is 138 Å². The largest absolute Gasteiger partial charge is 0.462 e. The Kier molecular flexibility index (Phi) is 15.8. The number of ether oxygens (including phenoxy) is 2. The summed E-state index contributed by atoms with van der Waals surface area (Å²) in [7, 11) is 0. The molecule has 0 saturated heterocycles. The highest BCUT2D eigenvalue weighted by Crippen LogP contribution is 2.81. The van der Waals surface area contributed by atoms with Crippen LogP contribution in [0.4, 0.5) is 0 Å². The predicted molar refractivity (Wildman–Crippen MR) is 354 cm³/mol. The fourth-order valence-electron chi connectivity index (χ4n) is 25.3. The molecular weight excluding hydrogens is 1100 g/mol. The molecule has 2 heterocycles. The number of carbonyl (C=O) groups excluding carboxylic acids is 2. The van der Waals surface area contributed by atoms with Crippen LogP contribution in [-0.4, -0.2) is 57.8 Å². The zero-order valence-electron chi connectivity index (χ0n) is 54.7. The number of hydrogen-bond donors (Lipinski definition) is 3. The zero-order valence-corrected chi connectivity index (χ0v) is 54.7. The lowest BCUT2D eigenvalue weighted by Crippen LogP contribution is -2.77. The third kappa shape index (κ3) is 9.49. The summed E-state index contributed by atoms with van der Waals surface area (Å²) in [5.74, 6) is 0.722. The number of hydrogen-bond acceptors (Lipinski definition) is 7. The van der Waals surface area contributed by atoms with E-state index in [9.17, 15) is 20.1 Å². The summed E-state index contributed by atoms with van der Waals surface area (Å²) in [4.78, 5) is 28.8. The Morgan fingerprint density at radius 2 is 1.52 bits per heavy atom. The first-order valence-corrected chi connectivity index (χ1v) is 36.5. The first kappa shape index (κ1) is 60.7. The van der Waals surface area contributed by atoms with E-state index in [-0.39, 0.29) is 65.4 Å². The van der Waals surface area contributed by atoms with Gasteiger partial charge in [-0.2, -0.15) is 0 Å². The molecule has 2 bridgehead atoms. The fraction of sp³-hybridized carbons (Fsp3) is 0.659. The highest BCUT2D eigenvalue weighted by molar-refractivity contribution is 5.93. The third-order valence-corrected chi connectivity index (χ3v) is 28.8. The van der Waals surface area contributed by atoms with Crippen molar-refractivity contribution < 1.29 is 34.4 Å². The maximum absolute atomic E-state index is 16.0. The Morgan fingerprint density at radius 1 is 0.730 bits per heavy atom. The Morgan fingerprint density at radius 3 is 2.29 bits per heavy atom. The molecule has 20 atom stereocenters. The molecule has 7 saturated carbocycles. The van der Waals surface area contributed by atoms with E-state index in [4.69, 9.17) is 9.47 Å². The van der Waals surface area contributed by atoms with Crippen LogP contribution in [0.5, 0.6) is 0 Å². The molecule has 3 N–H and O–H groups in total. The van der Waals surface area contributed by atoms with Gasteiger partial charge < -0.3 is 24.8 Å². The maximum atomic E-state index is 16.0. The molecule has 20 unspecified atom stereocenters. The second-order valence-corrected chi connectivity index (χ2v) is 33.3. The van der Waals surface area contributed by atoms with Gasteiger partial charge in [-0.25, -0.2) is 4.79 Å². The smallest absolute Gasteiger partial charge is 0.331 e. The standard InChI is InChI=1S/C82H106O7/c1-51(2)43-58-25-17-23-56-30-31-59(44-52(3)19-16-22-54-20-8-6-9-21-54)75(85)82-68(83)36-40-77(5,74(82)67(89-76(86)70(56)58)45-53(4)81(82,87)42-34-55-46-69(84)88-49-55)61-35-41-80-50-78(37-14-15-38-78)66-48-79(60-26-10-7-11-27-60)39-13-12-29-64(79)63-33-32-57-24-18-28-62(65(80)47-61)71(57)72(63)73(66)80/h6-11,18,20-21,24,26-28,30-33,46,51-53,56,58-59,61,64-68,70,73-75,83,85,87H,12-17,19,22-23,25,29,34-45,47-50H2,1-5H3. The van der Waals surface area contributed by atoms with Gasteiger partial charge in [-0.1, -0.05) is 176 Å². The molecule has 0 amide bonds. The molecule has 15 rings (SSSR count). The SMILES string of the molecule is CC(C)CC1CCCC2C=CC(CC(C)CCCc3ccccc3)C(O)C34C(O)CCC(C)(C5CCC67CC8(CCCC8)C8CC9(c%10ccccc%10)CCCCC9c9ccc%10cccc(c%10c9C86)C7C5)C3C(CC(C)C4(O)CCC3=CC(=O)OC3)OC(=O)C21. The minimum Gasteiger partial charge on any atom is -0.462 e. The second-order valence-electron chi connectivity index (χ2n) is 33.3. The van der Waals surface area contributed by atoms with Crippen LogP contribution in [0, 0.1) is 80.8 Å². The topological polar surface area (TPSA) is 113 Å². The van der Waals surface area contributed by atoms with Gasteiger partial charge in [-0.15, -0.1) is 0 Å². The van der Waals surface area contributed by atoms with Crippen LogP contribution in [0.1, 0.15) is 241 Å². The monoisotopic (exact) mass is 1200 g/mol. The first-order chi connectivity index (χ1) is 43.0. The van der Waals surface area contributed by atoms with Gasteiger partial charge in [0.2, 0.25) is 0 Å². The van der Waals surface area contributed by atoms with Crippen molar-refractivity contribution in [3.63, 3.8) is 0 Å². The molecule has 9 aliphatic carbocycles. The van der Waals surface area contributed by atoms with Crippen LogP contribution in [0.3, 0.4) is 0 Å². The first-order valence-electron chi connectivity index (χ1n) is 36.5. The number of fused-ring (bicyclic) bond motifs is 5. The summed E-state index contributed by atoms with van der Waals surface area (Å²) < 4.78 is 13.1. The highest BCUT2D eigenvalue weighted by atomic mass is 16.5. The van der Waals surface area contributed by atoms with Gasteiger partial charge in [0.25, 0.3) is 0 Å². The van der Waals surface area contributed by atoms with Crippen molar-refractivity contribution in [1.82, 2.24) is 0 Å². The quantitative estimate of drug-likeness (QED) is 0.0903. The number of carbonyl (C=O) groups is 2. The van der Waals surface area contributed by atoms with Crippen LogP contribution in [-0.2, 0) is 30.9 Å². The number of aryl methyl sites for hydroxylation is 1. The Balaban J connectivity index is 0.885. The van der Waals surface area contributed by atoms with E-state index < -0.39 is 52.5 Å². The van der Waals surface area contributed by atoms with Crippen molar-refractivity contribution in [3.8, 4) is 0 Å². The van der Waals surface area contributed by atoms with Crippen LogP contribution in [0.2, 0.25) is 0 Å². The van der Waals surface area contributed by atoms with Crippen LogP contribution in [0.15, 0.2) is 115 Å². The number of aliphatic hydroxyl groups excluding tert-OH is 2. The molecule has 2 spiro atoms. The van der Waals surface area contributed by atoms with Gasteiger partial charge in [0.05, 0.1) is 29.1 Å². The van der Waals surface area contributed by atoms with Crippen LogP contribution >= 0.6 is 0 Å². The summed E-state index contributed by atoms with van der Waals surface area (Å²) >= 11 is 0. The molecule has 0 radical (unpaired) electrons. The normalized spacial score (nSPS) is 41.3.